The Hall–Kier alpha value is -2.06. The molecule has 1 saturated heterocycles. The van der Waals surface area contributed by atoms with E-state index in [4.69, 9.17) is 0 Å². The molecule has 0 radical (unpaired) electrons. The van der Waals surface area contributed by atoms with Crippen molar-refractivity contribution in [2.75, 3.05) is 37.3 Å². The first-order valence-corrected chi connectivity index (χ1v) is 10.1. The predicted octanol–water partition coefficient (Wildman–Crippen LogP) is 1.95. The normalized spacial score (nSPS) is 20.9. The van der Waals surface area contributed by atoms with Crippen molar-refractivity contribution in [2.45, 2.75) is 25.3 Å². The van der Waals surface area contributed by atoms with E-state index in [-0.39, 0.29) is 5.91 Å². The second kappa shape index (κ2) is 7.67. The van der Waals surface area contributed by atoms with Gasteiger partial charge in [0, 0.05) is 44.3 Å². The van der Waals surface area contributed by atoms with Crippen molar-refractivity contribution in [3.05, 3.63) is 29.7 Å². The van der Waals surface area contributed by atoms with E-state index in [9.17, 15) is 4.79 Å². The van der Waals surface area contributed by atoms with Gasteiger partial charge in [0.1, 0.15) is 17.8 Å². The second-order valence-electron chi connectivity index (χ2n) is 6.80. The number of rotatable bonds is 4. The van der Waals surface area contributed by atoms with E-state index in [0.29, 0.717) is 6.04 Å². The second-order valence-corrected chi connectivity index (χ2v) is 7.94. The van der Waals surface area contributed by atoms with Crippen molar-refractivity contribution in [2.24, 2.45) is 0 Å². The molecule has 7 nitrogen and oxygen atoms in total. The fourth-order valence-corrected chi connectivity index (χ4v) is 4.54. The van der Waals surface area contributed by atoms with Gasteiger partial charge in [0.2, 0.25) is 0 Å². The van der Waals surface area contributed by atoms with E-state index in [1.54, 1.807) is 18.1 Å². The Morgan fingerprint density at radius 2 is 2.35 bits per heavy atom. The molecule has 0 saturated carbocycles. The van der Waals surface area contributed by atoms with Gasteiger partial charge in [-0.1, -0.05) is 6.42 Å². The number of carbonyl (C=O) groups is 1. The Morgan fingerprint density at radius 3 is 3.19 bits per heavy atom. The monoisotopic (exact) mass is 372 g/mol. The van der Waals surface area contributed by atoms with Crippen LogP contribution in [0.2, 0.25) is 0 Å². The molecule has 4 heterocycles. The van der Waals surface area contributed by atoms with Crippen LogP contribution in [0.1, 0.15) is 19.3 Å². The first-order valence-electron chi connectivity index (χ1n) is 9.10. The number of likely N-dealkylation sites (N-methyl/N-ethyl adjacent to an activating group) is 1. The smallest absolute Gasteiger partial charge is 0.261 e. The Morgan fingerprint density at radius 1 is 1.42 bits per heavy atom. The lowest BCUT2D eigenvalue weighted by Gasteiger charge is -2.30. The number of thioether (sulfide) groups is 1. The summed E-state index contributed by atoms with van der Waals surface area (Å²) in [6.45, 7) is 2.64. The van der Waals surface area contributed by atoms with Crippen LogP contribution in [-0.4, -0.2) is 64.2 Å². The summed E-state index contributed by atoms with van der Waals surface area (Å²) in [6.07, 6.45) is 8.98. The van der Waals surface area contributed by atoms with Crippen LogP contribution in [0.25, 0.3) is 11.0 Å². The molecule has 4 rings (SSSR count). The summed E-state index contributed by atoms with van der Waals surface area (Å²) < 4.78 is 0. The molecule has 0 aliphatic carbocycles. The third kappa shape index (κ3) is 3.57. The number of hydrogen-bond acceptors (Lipinski definition) is 6. The summed E-state index contributed by atoms with van der Waals surface area (Å²) in [5.74, 6) is 1.80. The highest BCUT2D eigenvalue weighted by Gasteiger charge is 2.24. The van der Waals surface area contributed by atoms with E-state index in [1.165, 1.54) is 12.8 Å². The summed E-state index contributed by atoms with van der Waals surface area (Å²) in [7, 11) is 1.90. The van der Waals surface area contributed by atoms with E-state index in [2.05, 4.69) is 25.2 Å². The fourth-order valence-electron chi connectivity index (χ4n) is 3.55. The van der Waals surface area contributed by atoms with Crippen LogP contribution in [0.3, 0.4) is 0 Å². The summed E-state index contributed by atoms with van der Waals surface area (Å²) in [5.41, 5.74) is 0.815. The van der Waals surface area contributed by atoms with Gasteiger partial charge in [-0.15, -0.1) is 11.8 Å². The molecule has 0 bridgehead atoms. The van der Waals surface area contributed by atoms with Crippen molar-refractivity contribution < 1.29 is 4.79 Å². The molecule has 0 unspecified atom stereocenters. The highest BCUT2D eigenvalue weighted by atomic mass is 32.2. The average Bonchev–Trinajstić information content (AvgIpc) is 3.17. The predicted molar refractivity (Wildman–Crippen MR) is 105 cm³/mol. The largest absolute Gasteiger partial charge is 0.346 e. The number of amides is 1. The molecule has 0 aromatic carbocycles. The molecule has 2 N–H and O–H groups in total. The first kappa shape index (κ1) is 17.4. The number of carbonyl (C=O) groups excluding carboxylic acids is 1. The lowest BCUT2D eigenvalue weighted by Crippen LogP contribution is -2.44. The zero-order valence-electron chi connectivity index (χ0n) is 14.9. The third-order valence-electron chi connectivity index (χ3n) is 4.93. The molecule has 0 spiro atoms. The molecule has 2 aliphatic heterocycles. The molecule has 1 atom stereocenters. The van der Waals surface area contributed by atoms with Crippen LogP contribution in [0.15, 0.2) is 29.7 Å². The Labute approximate surface area is 157 Å². The number of aromatic nitrogens is 3. The maximum Gasteiger partial charge on any atom is 0.261 e. The van der Waals surface area contributed by atoms with Gasteiger partial charge in [-0.05, 0) is 25.5 Å². The van der Waals surface area contributed by atoms with Gasteiger partial charge in [0.25, 0.3) is 5.91 Å². The Balaban J connectivity index is 1.50. The topological polar surface area (TPSA) is 77.2 Å². The summed E-state index contributed by atoms with van der Waals surface area (Å²) in [4.78, 5) is 29.4. The van der Waals surface area contributed by atoms with Crippen LogP contribution < -0.4 is 10.2 Å². The number of nitrogens with zero attached hydrogens (tertiary/aromatic N) is 4. The van der Waals surface area contributed by atoms with Gasteiger partial charge in [0.15, 0.2) is 0 Å². The molecule has 2 aliphatic rings. The highest BCUT2D eigenvalue weighted by molar-refractivity contribution is 8.04. The van der Waals surface area contributed by atoms with Crippen molar-refractivity contribution in [3.8, 4) is 0 Å². The van der Waals surface area contributed by atoms with E-state index in [0.717, 1.165) is 53.6 Å². The van der Waals surface area contributed by atoms with Crippen molar-refractivity contribution in [3.63, 3.8) is 0 Å². The lowest BCUT2D eigenvalue weighted by atomic mass is 10.0. The molecule has 1 fully saturated rings. The molecular formula is C18H24N6OS. The maximum absolute atomic E-state index is 12.9. The first-order chi connectivity index (χ1) is 12.7. The minimum absolute atomic E-state index is 0.0893. The van der Waals surface area contributed by atoms with Crippen LogP contribution >= 0.6 is 11.8 Å². The number of hydrogen-bond donors (Lipinski definition) is 2. The molecule has 8 heteroatoms. The number of fused-ring (bicyclic) bond motifs is 1. The van der Waals surface area contributed by atoms with Gasteiger partial charge in [-0.25, -0.2) is 9.97 Å². The average molecular weight is 372 g/mol. The summed E-state index contributed by atoms with van der Waals surface area (Å²) >= 11 is 1.62. The van der Waals surface area contributed by atoms with Gasteiger partial charge >= 0.3 is 0 Å². The lowest BCUT2D eigenvalue weighted by molar-refractivity contribution is -0.125. The van der Waals surface area contributed by atoms with Crippen LogP contribution in [0.4, 0.5) is 5.82 Å². The highest BCUT2D eigenvalue weighted by Crippen LogP contribution is 2.29. The van der Waals surface area contributed by atoms with Crippen LogP contribution in [0.5, 0.6) is 0 Å². The van der Waals surface area contributed by atoms with E-state index >= 15 is 0 Å². The molecule has 26 heavy (non-hydrogen) atoms. The number of aromatic amines is 1. The fraction of sp³-hybridized carbons (Fsp3) is 0.500. The molecule has 138 valence electrons. The van der Waals surface area contributed by atoms with Crippen molar-refractivity contribution in [1.82, 2.24) is 25.2 Å². The van der Waals surface area contributed by atoms with Crippen LogP contribution in [0, 0.1) is 0 Å². The minimum Gasteiger partial charge on any atom is -0.346 e. The van der Waals surface area contributed by atoms with Crippen molar-refractivity contribution in [1.29, 1.82) is 0 Å². The maximum atomic E-state index is 12.9. The SMILES string of the molecule is CN(C[C@@H]1CCCCN1)C(=O)C1=CN(c2ncnc3[nH]ccc23)CCS1. The number of piperidine rings is 1. The molecule has 1 amide bonds. The number of nitrogens with one attached hydrogen (secondary N) is 2. The molecule has 2 aromatic rings. The van der Waals surface area contributed by atoms with Gasteiger partial charge < -0.3 is 20.1 Å². The molecular weight excluding hydrogens is 348 g/mol. The Bertz CT molecular complexity index is 813. The molecule has 2 aromatic heterocycles. The van der Waals surface area contributed by atoms with Crippen LogP contribution in [-0.2, 0) is 4.79 Å². The minimum atomic E-state index is 0.0893. The van der Waals surface area contributed by atoms with Crippen molar-refractivity contribution >= 4 is 34.5 Å². The summed E-state index contributed by atoms with van der Waals surface area (Å²) in [5, 5.41) is 4.48. The number of anilines is 1. The van der Waals surface area contributed by atoms with Gasteiger partial charge in [-0.2, -0.15) is 0 Å². The third-order valence-corrected chi connectivity index (χ3v) is 5.91. The quantitative estimate of drug-likeness (QED) is 0.854. The van der Waals surface area contributed by atoms with E-state index in [1.807, 2.05) is 30.4 Å². The Kier molecular flexibility index (Phi) is 5.12. The number of H-pyrrole nitrogens is 1. The standard InChI is InChI=1S/C18H24N6OS/c1-23(10-13-4-2-3-6-19-13)18(25)15-11-24(8-9-26-15)17-14-5-7-20-16(14)21-12-22-17/h5,7,11-13,19H,2-4,6,8-10H2,1H3,(H,20,21,22)/t13-/m0/s1. The van der Waals surface area contributed by atoms with Gasteiger partial charge in [-0.3, -0.25) is 4.79 Å². The summed E-state index contributed by atoms with van der Waals surface area (Å²) in [6, 6.07) is 2.38. The zero-order chi connectivity index (χ0) is 17.9. The van der Waals surface area contributed by atoms with Gasteiger partial charge in [0.05, 0.1) is 10.3 Å². The zero-order valence-corrected chi connectivity index (χ0v) is 15.8. The van der Waals surface area contributed by atoms with E-state index < -0.39 is 0 Å².